The SMILES string of the molecule is CCC[C@@H]1CCC[C@H]1Nc1c(Nc2cccc(C(=O)N(C)C)c2O)c(=O)c1=O. The van der Waals surface area contributed by atoms with Crippen LogP contribution in [0.2, 0.25) is 0 Å². The summed E-state index contributed by atoms with van der Waals surface area (Å²) in [6.45, 7) is 2.14. The van der Waals surface area contributed by atoms with Crippen molar-refractivity contribution in [3.63, 3.8) is 0 Å². The van der Waals surface area contributed by atoms with Crippen LogP contribution >= 0.6 is 0 Å². The minimum absolute atomic E-state index is 0.127. The maximum absolute atomic E-state index is 12.2. The third-order valence-corrected chi connectivity index (χ3v) is 5.49. The average molecular weight is 385 g/mol. The summed E-state index contributed by atoms with van der Waals surface area (Å²) in [5.74, 6) is -0.0977. The van der Waals surface area contributed by atoms with E-state index < -0.39 is 10.9 Å². The van der Waals surface area contributed by atoms with Gasteiger partial charge in [-0.3, -0.25) is 14.4 Å². The number of carbonyl (C=O) groups is 1. The number of para-hydroxylation sites is 1. The van der Waals surface area contributed by atoms with Crippen molar-refractivity contribution in [3.05, 3.63) is 44.2 Å². The fourth-order valence-electron chi connectivity index (χ4n) is 3.97. The van der Waals surface area contributed by atoms with Gasteiger partial charge in [0.2, 0.25) is 0 Å². The van der Waals surface area contributed by atoms with E-state index in [1.165, 1.54) is 11.0 Å². The molecule has 1 aliphatic rings. The molecule has 2 aromatic rings. The molecule has 7 heteroatoms. The molecule has 1 amide bonds. The maximum Gasteiger partial charge on any atom is 0.257 e. The van der Waals surface area contributed by atoms with Crippen molar-refractivity contribution >= 4 is 23.0 Å². The molecule has 0 heterocycles. The molecule has 0 aromatic heterocycles. The number of benzene rings is 1. The molecule has 0 radical (unpaired) electrons. The van der Waals surface area contributed by atoms with E-state index in [0.717, 1.165) is 32.1 Å². The first-order chi connectivity index (χ1) is 13.3. The molecule has 2 atom stereocenters. The molecule has 3 N–H and O–H groups in total. The molecule has 7 nitrogen and oxygen atoms in total. The van der Waals surface area contributed by atoms with Gasteiger partial charge in [0, 0.05) is 20.1 Å². The van der Waals surface area contributed by atoms with Crippen LogP contribution in [-0.4, -0.2) is 36.1 Å². The molecule has 1 fully saturated rings. The fraction of sp³-hybridized carbons (Fsp3) is 0.476. The molecule has 0 unspecified atom stereocenters. The number of phenols is 1. The van der Waals surface area contributed by atoms with E-state index in [0.29, 0.717) is 5.92 Å². The third kappa shape index (κ3) is 3.61. The average Bonchev–Trinajstić information content (AvgIpc) is 3.12. The number of hydrogen-bond donors (Lipinski definition) is 3. The molecule has 0 bridgehead atoms. The Bertz CT molecular complexity index is 944. The van der Waals surface area contributed by atoms with Gasteiger partial charge in [0.05, 0.1) is 11.3 Å². The standard InChI is InChI=1S/C21H27N3O4/c1-4-7-12-8-5-10-14(12)22-16-17(20(27)19(16)26)23-15-11-6-9-13(18(15)25)21(28)24(2)3/h6,9,11-12,14,22-23,25H,4-5,7-8,10H2,1-3H3/t12-,14-/m1/s1. The Morgan fingerprint density at radius 2 is 1.89 bits per heavy atom. The van der Waals surface area contributed by atoms with Crippen LogP contribution in [0.1, 0.15) is 49.4 Å². The molecule has 2 aromatic carbocycles. The summed E-state index contributed by atoms with van der Waals surface area (Å²) in [4.78, 5) is 37.8. The lowest BCUT2D eigenvalue weighted by atomic mass is 9.97. The lowest BCUT2D eigenvalue weighted by Gasteiger charge is -2.24. The van der Waals surface area contributed by atoms with E-state index in [2.05, 4.69) is 17.6 Å². The number of amides is 1. The van der Waals surface area contributed by atoms with Gasteiger partial charge in [-0.05, 0) is 37.3 Å². The Morgan fingerprint density at radius 1 is 1.18 bits per heavy atom. The van der Waals surface area contributed by atoms with Crippen LogP contribution in [0.3, 0.4) is 0 Å². The Labute approximate surface area is 164 Å². The number of nitrogens with zero attached hydrogens (tertiary/aromatic N) is 1. The summed E-state index contributed by atoms with van der Waals surface area (Å²) in [5, 5.41) is 16.6. The van der Waals surface area contributed by atoms with Crippen LogP contribution in [0.5, 0.6) is 5.75 Å². The fourth-order valence-corrected chi connectivity index (χ4v) is 3.97. The number of phenolic OH excluding ortho intramolecular Hbond substituents is 1. The minimum Gasteiger partial charge on any atom is -0.505 e. The predicted molar refractivity (Wildman–Crippen MR) is 110 cm³/mol. The number of nitrogens with one attached hydrogen (secondary N) is 2. The highest BCUT2D eigenvalue weighted by atomic mass is 16.3. The van der Waals surface area contributed by atoms with Crippen molar-refractivity contribution in [2.24, 2.45) is 5.92 Å². The van der Waals surface area contributed by atoms with Crippen molar-refractivity contribution in [1.29, 1.82) is 0 Å². The first kappa shape index (κ1) is 19.9. The second-order valence-corrected chi connectivity index (χ2v) is 7.67. The zero-order chi connectivity index (χ0) is 20.4. The summed E-state index contributed by atoms with van der Waals surface area (Å²) >= 11 is 0. The summed E-state index contributed by atoms with van der Waals surface area (Å²) < 4.78 is 0. The molecule has 0 aliphatic heterocycles. The number of hydrogen-bond acceptors (Lipinski definition) is 6. The van der Waals surface area contributed by atoms with Crippen LogP contribution in [-0.2, 0) is 0 Å². The van der Waals surface area contributed by atoms with Crippen molar-refractivity contribution in [2.75, 3.05) is 24.7 Å². The Kier molecular flexibility index (Phi) is 5.72. The van der Waals surface area contributed by atoms with E-state index >= 15 is 0 Å². The maximum atomic E-state index is 12.2. The minimum atomic E-state index is -0.615. The molecule has 28 heavy (non-hydrogen) atoms. The van der Waals surface area contributed by atoms with Crippen LogP contribution in [0, 0.1) is 5.92 Å². The lowest BCUT2D eigenvalue weighted by Crippen LogP contribution is -2.39. The van der Waals surface area contributed by atoms with E-state index in [1.54, 1.807) is 26.2 Å². The topological polar surface area (TPSA) is 98.7 Å². The van der Waals surface area contributed by atoms with Gasteiger partial charge in [-0.2, -0.15) is 0 Å². The zero-order valence-electron chi connectivity index (χ0n) is 16.5. The normalized spacial score (nSPS) is 19.0. The summed E-state index contributed by atoms with van der Waals surface area (Å²) in [6, 6.07) is 4.88. The highest BCUT2D eigenvalue weighted by molar-refractivity contribution is 5.99. The smallest absolute Gasteiger partial charge is 0.257 e. The quantitative estimate of drug-likeness (QED) is 0.501. The number of anilines is 3. The van der Waals surface area contributed by atoms with Crippen LogP contribution in [0.4, 0.5) is 17.1 Å². The molecule has 1 saturated carbocycles. The van der Waals surface area contributed by atoms with Gasteiger partial charge in [0.25, 0.3) is 16.8 Å². The monoisotopic (exact) mass is 385 g/mol. The van der Waals surface area contributed by atoms with Crippen molar-refractivity contribution in [1.82, 2.24) is 4.90 Å². The molecule has 0 saturated heterocycles. The van der Waals surface area contributed by atoms with Crippen LogP contribution in [0.15, 0.2) is 27.8 Å². The van der Waals surface area contributed by atoms with Crippen LogP contribution < -0.4 is 21.5 Å². The third-order valence-electron chi connectivity index (χ3n) is 5.49. The van der Waals surface area contributed by atoms with E-state index in [9.17, 15) is 19.5 Å². The first-order valence-electron chi connectivity index (χ1n) is 9.75. The second-order valence-electron chi connectivity index (χ2n) is 7.67. The van der Waals surface area contributed by atoms with E-state index in [1.807, 2.05) is 0 Å². The molecular weight excluding hydrogens is 358 g/mol. The van der Waals surface area contributed by atoms with Crippen LogP contribution in [0.25, 0.3) is 0 Å². The van der Waals surface area contributed by atoms with Gasteiger partial charge in [-0.1, -0.05) is 25.8 Å². The Morgan fingerprint density at radius 3 is 2.57 bits per heavy atom. The highest BCUT2D eigenvalue weighted by Crippen LogP contribution is 2.35. The van der Waals surface area contributed by atoms with Gasteiger partial charge in [-0.25, -0.2) is 0 Å². The summed E-state index contributed by atoms with van der Waals surface area (Å²) in [5.41, 5.74) is -0.374. The second kappa shape index (κ2) is 8.04. The van der Waals surface area contributed by atoms with Gasteiger partial charge in [-0.15, -0.1) is 0 Å². The summed E-state index contributed by atoms with van der Waals surface area (Å²) in [6.07, 6.45) is 5.38. The molecule has 3 rings (SSSR count). The first-order valence-corrected chi connectivity index (χ1v) is 9.75. The van der Waals surface area contributed by atoms with E-state index in [-0.39, 0.29) is 40.3 Å². The molecule has 1 aliphatic carbocycles. The highest BCUT2D eigenvalue weighted by Gasteiger charge is 2.31. The Balaban J connectivity index is 1.84. The van der Waals surface area contributed by atoms with Crippen molar-refractivity contribution in [3.8, 4) is 5.75 Å². The van der Waals surface area contributed by atoms with Crippen molar-refractivity contribution in [2.45, 2.75) is 45.1 Å². The summed E-state index contributed by atoms with van der Waals surface area (Å²) in [7, 11) is 3.18. The lowest BCUT2D eigenvalue weighted by molar-refractivity contribution is 0.0824. The van der Waals surface area contributed by atoms with Crippen molar-refractivity contribution < 1.29 is 9.90 Å². The molecule has 0 spiro atoms. The molecule has 150 valence electrons. The predicted octanol–water partition coefficient (Wildman–Crippen LogP) is 2.81. The number of aromatic hydroxyl groups is 1. The number of carbonyl (C=O) groups excluding carboxylic acids is 1. The van der Waals surface area contributed by atoms with Gasteiger partial charge in [0.15, 0.2) is 5.75 Å². The van der Waals surface area contributed by atoms with Gasteiger partial charge in [0.1, 0.15) is 11.4 Å². The van der Waals surface area contributed by atoms with Gasteiger partial charge >= 0.3 is 0 Å². The largest absolute Gasteiger partial charge is 0.505 e. The van der Waals surface area contributed by atoms with E-state index in [4.69, 9.17) is 0 Å². The van der Waals surface area contributed by atoms with Gasteiger partial charge < -0.3 is 20.6 Å². The Hall–Kier alpha value is -2.83. The molecular formula is C21H27N3O4. The number of rotatable bonds is 7. The zero-order valence-corrected chi connectivity index (χ0v) is 16.5.